The van der Waals surface area contributed by atoms with Gasteiger partial charge >= 0.3 is 0 Å². The Bertz CT molecular complexity index is 321. The van der Waals surface area contributed by atoms with Crippen LogP contribution in [0.25, 0.3) is 0 Å². The van der Waals surface area contributed by atoms with Crippen LogP contribution < -0.4 is 0 Å². The van der Waals surface area contributed by atoms with Gasteiger partial charge in [0, 0.05) is 13.1 Å². The summed E-state index contributed by atoms with van der Waals surface area (Å²) in [5.74, 6) is -0.556. The SMILES string of the molecule is N#CCS(=O)(=O)N1CCOCC(O)C1. The summed E-state index contributed by atoms with van der Waals surface area (Å²) in [4.78, 5) is 0. The van der Waals surface area contributed by atoms with Gasteiger partial charge in [-0.25, -0.2) is 8.42 Å². The Morgan fingerprint density at radius 2 is 2.36 bits per heavy atom. The molecule has 1 saturated heterocycles. The van der Waals surface area contributed by atoms with E-state index >= 15 is 0 Å². The van der Waals surface area contributed by atoms with Gasteiger partial charge in [0.2, 0.25) is 10.0 Å². The van der Waals surface area contributed by atoms with Crippen molar-refractivity contribution in [2.75, 3.05) is 32.1 Å². The van der Waals surface area contributed by atoms with Crippen LogP contribution in [0.2, 0.25) is 0 Å². The first kappa shape index (κ1) is 11.4. The van der Waals surface area contributed by atoms with Crippen LogP contribution in [0.4, 0.5) is 0 Å². The van der Waals surface area contributed by atoms with Crippen molar-refractivity contribution in [3.05, 3.63) is 0 Å². The Morgan fingerprint density at radius 1 is 1.64 bits per heavy atom. The molecule has 1 unspecified atom stereocenters. The van der Waals surface area contributed by atoms with E-state index in [-0.39, 0.29) is 26.3 Å². The molecule has 0 saturated carbocycles. The first-order valence-electron chi connectivity index (χ1n) is 4.17. The summed E-state index contributed by atoms with van der Waals surface area (Å²) >= 11 is 0. The van der Waals surface area contributed by atoms with Gasteiger partial charge in [0.25, 0.3) is 0 Å². The summed E-state index contributed by atoms with van der Waals surface area (Å²) in [5.41, 5.74) is 0. The molecule has 1 atom stereocenters. The standard InChI is InChI=1S/C7H12N2O4S/c8-1-4-14(11,12)9-2-3-13-6-7(10)5-9/h7,10H,2-6H2. The van der Waals surface area contributed by atoms with Gasteiger partial charge in [-0.15, -0.1) is 0 Å². The van der Waals surface area contributed by atoms with Gasteiger partial charge < -0.3 is 9.84 Å². The maximum atomic E-state index is 11.4. The lowest BCUT2D eigenvalue weighted by atomic mass is 10.4. The zero-order valence-electron chi connectivity index (χ0n) is 7.59. The number of nitriles is 1. The molecule has 0 aliphatic carbocycles. The summed E-state index contributed by atoms with van der Waals surface area (Å²) in [6, 6.07) is 1.59. The van der Waals surface area contributed by atoms with Crippen molar-refractivity contribution in [3.8, 4) is 6.07 Å². The Balaban J connectivity index is 2.71. The van der Waals surface area contributed by atoms with Crippen LogP contribution in [0.3, 0.4) is 0 Å². The normalized spacial score (nSPS) is 25.3. The Kier molecular flexibility index (Phi) is 3.83. The summed E-state index contributed by atoms with van der Waals surface area (Å²) in [6.07, 6.45) is -0.814. The highest BCUT2D eigenvalue weighted by atomic mass is 32.2. The molecular formula is C7H12N2O4S. The second-order valence-corrected chi connectivity index (χ2v) is 4.97. The van der Waals surface area contributed by atoms with E-state index in [0.29, 0.717) is 0 Å². The lowest BCUT2D eigenvalue weighted by molar-refractivity contribution is 0.0583. The van der Waals surface area contributed by atoms with Gasteiger partial charge in [-0.1, -0.05) is 0 Å². The Labute approximate surface area is 82.7 Å². The lowest BCUT2D eigenvalue weighted by Gasteiger charge is -2.18. The monoisotopic (exact) mass is 220 g/mol. The number of rotatable bonds is 2. The average Bonchev–Trinajstić information content (AvgIpc) is 2.30. The zero-order valence-corrected chi connectivity index (χ0v) is 8.40. The molecule has 0 bridgehead atoms. The summed E-state index contributed by atoms with van der Waals surface area (Å²) in [6.45, 7) is 0.589. The smallest absolute Gasteiger partial charge is 0.227 e. The van der Waals surface area contributed by atoms with E-state index in [1.54, 1.807) is 6.07 Å². The highest BCUT2D eigenvalue weighted by Gasteiger charge is 2.26. The van der Waals surface area contributed by atoms with E-state index in [2.05, 4.69) is 0 Å². The van der Waals surface area contributed by atoms with Crippen LogP contribution in [-0.4, -0.2) is 56.0 Å². The van der Waals surface area contributed by atoms with Gasteiger partial charge in [-0.2, -0.15) is 9.57 Å². The van der Waals surface area contributed by atoms with E-state index in [0.717, 1.165) is 4.31 Å². The number of aliphatic hydroxyl groups is 1. The molecule has 1 aliphatic rings. The number of hydrogen-bond donors (Lipinski definition) is 1. The molecule has 1 heterocycles. The van der Waals surface area contributed by atoms with Crippen molar-refractivity contribution in [2.24, 2.45) is 0 Å². The number of sulfonamides is 1. The van der Waals surface area contributed by atoms with E-state index in [1.807, 2.05) is 0 Å². The molecule has 0 aromatic heterocycles. The first-order chi connectivity index (χ1) is 6.56. The molecule has 0 spiro atoms. The van der Waals surface area contributed by atoms with Crippen LogP contribution in [0.1, 0.15) is 0 Å². The fourth-order valence-corrected chi connectivity index (χ4v) is 2.29. The van der Waals surface area contributed by atoms with Gasteiger partial charge in [0.15, 0.2) is 5.75 Å². The molecule has 1 rings (SSSR count). The predicted octanol–water partition coefficient (Wildman–Crippen LogP) is -1.47. The molecule has 14 heavy (non-hydrogen) atoms. The summed E-state index contributed by atoms with van der Waals surface area (Å²) < 4.78 is 28.9. The van der Waals surface area contributed by atoms with E-state index in [4.69, 9.17) is 10.00 Å². The topological polar surface area (TPSA) is 90.6 Å². The Hall–Kier alpha value is -0.680. The van der Waals surface area contributed by atoms with Crippen LogP contribution in [0.15, 0.2) is 0 Å². The number of ether oxygens (including phenoxy) is 1. The highest BCUT2D eigenvalue weighted by molar-refractivity contribution is 7.89. The largest absolute Gasteiger partial charge is 0.389 e. The quantitative estimate of drug-likeness (QED) is 0.613. The van der Waals surface area contributed by atoms with Crippen LogP contribution in [0, 0.1) is 11.3 Å². The highest BCUT2D eigenvalue weighted by Crippen LogP contribution is 2.06. The molecule has 0 aromatic rings. The molecule has 1 aliphatic heterocycles. The van der Waals surface area contributed by atoms with Crippen molar-refractivity contribution < 1.29 is 18.3 Å². The van der Waals surface area contributed by atoms with Crippen molar-refractivity contribution in [3.63, 3.8) is 0 Å². The minimum atomic E-state index is -3.56. The summed E-state index contributed by atoms with van der Waals surface area (Å²) in [7, 11) is -3.56. The summed E-state index contributed by atoms with van der Waals surface area (Å²) in [5, 5.41) is 17.6. The van der Waals surface area contributed by atoms with Crippen LogP contribution in [0.5, 0.6) is 0 Å². The maximum Gasteiger partial charge on any atom is 0.227 e. The number of aliphatic hydroxyl groups excluding tert-OH is 1. The molecule has 0 radical (unpaired) electrons. The van der Waals surface area contributed by atoms with Gasteiger partial charge in [0.05, 0.1) is 25.4 Å². The van der Waals surface area contributed by atoms with E-state index < -0.39 is 21.9 Å². The second kappa shape index (κ2) is 4.70. The molecule has 1 fully saturated rings. The lowest BCUT2D eigenvalue weighted by Crippen LogP contribution is -2.38. The minimum absolute atomic E-state index is 0.00398. The van der Waals surface area contributed by atoms with Crippen molar-refractivity contribution >= 4 is 10.0 Å². The molecule has 7 heteroatoms. The molecule has 0 amide bonds. The third kappa shape index (κ3) is 2.92. The fourth-order valence-electron chi connectivity index (χ4n) is 1.19. The van der Waals surface area contributed by atoms with E-state index in [9.17, 15) is 13.5 Å². The van der Waals surface area contributed by atoms with Crippen molar-refractivity contribution in [1.29, 1.82) is 5.26 Å². The average molecular weight is 220 g/mol. The number of β-amino-alcohol motifs (C(OH)–C–C–N with tert-alkyl or cyclic N) is 1. The van der Waals surface area contributed by atoms with Crippen molar-refractivity contribution in [1.82, 2.24) is 4.31 Å². The molecule has 6 nitrogen and oxygen atoms in total. The molecule has 80 valence electrons. The molecular weight excluding hydrogens is 208 g/mol. The maximum absolute atomic E-state index is 11.4. The number of hydrogen-bond acceptors (Lipinski definition) is 5. The van der Waals surface area contributed by atoms with Crippen LogP contribution in [-0.2, 0) is 14.8 Å². The third-order valence-electron chi connectivity index (χ3n) is 1.85. The zero-order chi connectivity index (χ0) is 10.6. The third-order valence-corrected chi connectivity index (χ3v) is 3.46. The fraction of sp³-hybridized carbons (Fsp3) is 0.857. The van der Waals surface area contributed by atoms with Crippen LogP contribution >= 0.6 is 0 Å². The van der Waals surface area contributed by atoms with Crippen molar-refractivity contribution in [2.45, 2.75) is 6.10 Å². The van der Waals surface area contributed by atoms with Gasteiger partial charge in [0.1, 0.15) is 0 Å². The minimum Gasteiger partial charge on any atom is -0.389 e. The van der Waals surface area contributed by atoms with Gasteiger partial charge in [-0.3, -0.25) is 0 Å². The Morgan fingerprint density at radius 3 is 3.00 bits per heavy atom. The van der Waals surface area contributed by atoms with Gasteiger partial charge in [-0.05, 0) is 0 Å². The predicted molar refractivity (Wildman–Crippen MR) is 47.8 cm³/mol. The second-order valence-electron chi connectivity index (χ2n) is 3.00. The molecule has 1 N–H and O–H groups in total. The first-order valence-corrected chi connectivity index (χ1v) is 5.78. The van der Waals surface area contributed by atoms with E-state index in [1.165, 1.54) is 0 Å². The molecule has 0 aromatic carbocycles. The number of nitrogens with zero attached hydrogens (tertiary/aromatic N) is 2.